The Kier molecular flexibility index (Phi) is 6.64. The Labute approximate surface area is 120 Å². The molecule has 0 saturated carbocycles. The molecule has 0 saturated heterocycles. The number of rotatable bonds is 8. The number of aliphatic hydroxyl groups is 2. The quantitative estimate of drug-likeness (QED) is 0.546. The third-order valence-corrected chi connectivity index (χ3v) is 3.28. The van der Waals surface area contributed by atoms with Crippen LogP contribution in [0.3, 0.4) is 0 Å². The van der Waals surface area contributed by atoms with Gasteiger partial charge >= 0.3 is 5.97 Å². The van der Waals surface area contributed by atoms with Gasteiger partial charge < -0.3 is 19.4 Å². The van der Waals surface area contributed by atoms with Crippen LogP contribution in [0.5, 0.6) is 0 Å². The fourth-order valence-corrected chi connectivity index (χ4v) is 2.20. The lowest BCUT2D eigenvalue weighted by Gasteiger charge is -2.33. The Morgan fingerprint density at radius 1 is 1.25 bits per heavy atom. The molecule has 0 amide bonds. The van der Waals surface area contributed by atoms with Crippen molar-refractivity contribution in [2.45, 2.75) is 13.5 Å². The van der Waals surface area contributed by atoms with Gasteiger partial charge in [0.2, 0.25) is 0 Å². The molecule has 20 heavy (non-hydrogen) atoms. The molecule has 0 aliphatic heterocycles. The summed E-state index contributed by atoms with van der Waals surface area (Å²) in [4.78, 5) is 11.7. The molecular weight excluding hydrogens is 258 g/mol. The van der Waals surface area contributed by atoms with Gasteiger partial charge in [-0.15, -0.1) is 0 Å². The van der Waals surface area contributed by atoms with E-state index in [1.165, 1.54) is 0 Å². The van der Waals surface area contributed by atoms with Crippen LogP contribution in [0, 0.1) is 0 Å². The van der Waals surface area contributed by atoms with Crippen molar-refractivity contribution in [3.63, 3.8) is 0 Å². The minimum absolute atomic E-state index is 0.0636. The SMILES string of the molecule is CCOC(=O)c1cccc(C[N+](C)(CCO)CCO)c1. The van der Waals surface area contributed by atoms with Crippen molar-refractivity contribution in [1.82, 2.24) is 0 Å². The summed E-state index contributed by atoms with van der Waals surface area (Å²) in [5, 5.41) is 18.3. The first-order valence-electron chi connectivity index (χ1n) is 6.86. The topological polar surface area (TPSA) is 66.8 Å². The van der Waals surface area contributed by atoms with Gasteiger partial charge in [-0.3, -0.25) is 0 Å². The van der Waals surface area contributed by atoms with Gasteiger partial charge in [-0.05, 0) is 19.1 Å². The number of ether oxygens (including phenoxy) is 1. The van der Waals surface area contributed by atoms with Crippen molar-refractivity contribution in [3.8, 4) is 0 Å². The molecular formula is C15H24NO4+. The number of aliphatic hydroxyl groups excluding tert-OH is 2. The molecule has 0 unspecified atom stereocenters. The smallest absolute Gasteiger partial charge is 0.338 e. The number of hydrogen-bond donors (Lipinski definition) is 2. The Morgan fingerprint density at radius 2 is 1.90 bits per heavy atom. The zero-order chi connectivity index (χ0) is 15.0. The predicted octanol–water partition coefficient (Wildman–Crippen LogP) is 0.794. The first-order valence-corrected chi connectivity index (χ1v) is 6.86. The number of carbonyl (C=O) groups is 1. The summed E-state index contributed by atoms with van der Waals surface area (Å²) in [5.74, 6) is -0.326. The molecule has 0 spiro atoms. The van der Waals surface area contributed by atoms with Crippen molar-refractivity contribution in [1.29, 1.82) is 0 Å². The van der Waals surface area contributed by atoms with Crippen LogP contribution in [-0.4, -0.2) is 60.6 Å². The highest BCUT2D eigenvalue weighted by molar-refractivity contribution is 5.89. The summed E-state index contributed by atoms with van der Waals surface area (Å²) in [5.41, 5.74) is 1.52. The largest absolute Gasteiger partial charge is 0.462 e. The minimum Gasteiger partial charge on any atom is -0.462 e. The molecule has 0 radical (unpaired) electrons. The molecule has 5 heteroatoms. The van der Waals surface area contributed by atoms with Gasteiger partial charge in [0.25, 0.3) is 0 Å². The van der Waals surface area contributed by atoms with Crippen LogP contribution in [0.15, 0.2) is 24.3 Å². The number of hydrogen-bond acceptors (Lipinski definition) is 4. The van der Waals surface area contributed by atoms with Crippen molar-refractivity contribution in [2.75, 3.05) is 40.0 Å². The highest BCUT2D eigenvalue weighted by atomic mass is 16.5. The molecule has 2 N–H and O–H groups in total. The van der Waals surface area contributed by atoms with Crippen LogP contribution in [-0.2, 0) is 11.3 Å². The maximum Gasteiger partial charge on any atom is 0.338 e. The molecule has 0 aliphatic carbocycles. The van der Waals surface area contributed by atoms with Gasteiger partial charge in [-0.1, -0.05) is 12.1 Å². The monoisotopic (exact) mass is 282 g/mol. The zero-order valence-corrected chi connectivity index (χ0v) is 12.2. The lowest BCUT2D eigenvalue weighted by atomic mass is 10.1. The number of carbonyl (C=O) groups excluding carboxylic acids is 1. The highest BCUT2D eigenvalue weighted by Gasteiger charge is 2.21. The van der Waals surface area contributed by atoms with Gasteiger partial charge in [0, 0.05) is 5.56 Å². The van der Waals surface area contributed by atoms with Crippen LogP contribution in [0.2, 0.25) is 0 Å². The maximum absolute atomic E-state index is 11.7. The van der Waals surface area contributed by atoms with Gasteiger partial charge in [0.1, 0.15) is 19.6 Å². The average molecular weight is 282 g/mol. The summed E-state index contributed by atoms with van der Waals surface area (Å²) in [6.45, 7) is 4.02. The van der Waals surface area contributed by atoms with E-state index in [-0.39, 0.29) is 19.2 Å². The number of benzene rings is 1. The van der Waals surface area contributed by atoms with E-state index < -0.39 is 0 Å². The summed E-state index contributed by atoms with van der Waals surface area (Å²) < 4.78 is 5.51. The molecule has 5 nitrogen and oxygen atoms in total. The molecule has 0 fully saturated rings. The Bertz CT molecular complexity index is 428. The van der Waals surface area contributed by atoms with Crippen molar-refractivity contribution < 1.29 is 24.2 Å². The van der Waals surface area contributed by atoms with Gasteiger partial charge in [0.05, 0.1) is 32.4 Å². The molecule has 0 bridgehead atoms. The molecule has 0 atom stereocenters. The number of quaternary nitrogens is 1. The molecule has 112 valence electrons. The Morgan fingerprint density at radius 3 is 2.45 bits per heavy atom. The van der Waals surface area contributed by atoms with Crippen molar-refractivity contribution in [3.05, 3.63) is 35.4 Å². The summed E-state index contributed by atoms with van der Waals surface area (Å²) in [6, 6.07) is 7.30. The second kappa shape index (κ2) is 7.99. The summed E-state index contributed by atoms with van der Waals surface area (Å²) in [6.07, 6.45) is 0. The van der Waals surface area contributed by atoms with E-state index in [9.17, 15) is 4.79 Å². The molecule has 1 aromatic rings. The number of likely N-dealkylation sites (N-methyl/N-ethyl adjacent to an activating group) is 1. The lowest BCUT2D eigenvalue weighted by molar-refractivity contribution is -0.923. The average Bonchev–Trinajstić information content (AvgIpc) is 2.39. The summed E-state index contributed by atoms with van der Waals surface area (Å²) in [7, 11) is 1.98. The molecule has 0 heterocycles. The van der Waals surface area contributed by atoms with E-state index in [1.807, 2.05) is 25.2 Å². The molecule has 0 aromatic heterocycles. The van der Waals surface area contributed by atoms with Crippen molar-refractivity contribution >= 4 is 5.97 Å². The van der Waals surface area contributed by atoms with Crippen LogP contribution < -0.4 is 0 Å². The van der Waals surface area contributed by atoms with E-state index >= 15 is 0 Å². The highest BCUT2D eigenvalue weighted by Crippen LogP contribution is 2.14. The third kappa shape index (κ3) is 4.92. The lowest BCUT2D eigenvalue weighted by Crippen LogP contribution is -2.47. The van der Waals surface area contributed by atoms with Crippen LogP contribution in [0.4, 0.5) is 0 Å². The first-order chi connectivity index (χ1) is 9.54. The summed E-state index contributed by atoms with van der Waals surface area (Å²) >= 11 is 0. The van der Waals surface area contributed by atoms with E-state index in [0.717, 1.165) is 5.56 Å². The third-order valence-electron chi connectivity index (χ3n) is 3.28. The van der Waals surface area contributed by atoms with Crippen LogP contribution >= 0.6 is 0 Å². The Balaban J connectivity index is 2.85. The Hall–Kier alpha value is -1.43. The fraction of sp³-hybridized carbons (Fsp3) is 0.533. The van der Waals surface area contributed by atoms with Crippen molar-refractivity contribution in [2.24, 2.45) is 0 Å². The van der Waals surface area contributed by atoms with Gasteiger partial charge in [-0.2, -0.15) is 0 Å². The van der Waals surface area contributed by atoms with E-state index in [4.69, 9.17) is 14.9 Å². The van der Waals surface area contributed by atoms with Crippen LogP contribution in [0.1, 0.15) is 22.8 Å². The van der Waals surface area contributed by atoms with Gasteiger partial charge in [0.15, 0.2) is 0 Å². The van der Waals surface area contributed by atoms with E-state index in [2.05, 4.69) is 0 Å². The molecule has 1 rings (SSSR count). The maximum atomic E-state index is 11.7. The molecule has 1 aromatic carbocycles. The predicted molar refractivity (Wildman–Crippen MR) is 76.2 cm³/mol. The van der Waals surface area contributed by atoms with E-state index in [0.29, 0.717) is 36.3 Å². The fourth-order valence-electron chi connectivity index (χ4n) is 2.20. The standard InChI is InChI=1S/C15H24NO4/c1-3-20-15(19)14-6-4-5-13(11-14)12-16(2,7-9-17)8-10-18/h4-6,11,17-18H,3,7-10,12H2,1-2H3/q+1. The van der Waals surface area contributed by atoms with Crippen LogP contribution in [0.25, 0.3) is 0 Å². The number of esters is 1. The number of nitrogens with zero attached hydrogens (tertiary/aromatic N) is 1. The zero-order valence-electron chi connectivity index (χ0n) is 12.2. The molecule has 0 aliphatic rings. The minimum atomic E-state index is -0.326. The second-order valence-electron chi connectivity index (χ2n) is 5.09. The second-order valence-corrected chi connectivity index (χ2v) is 5.09. The van der Waals surface area contributed by atoms with Gasteiger partial charge in [-0.25, -0.2) is 4.79 Å². The normalized spacial score (nSPS) is 11.4. The first kappa shape index (κ1) is 16.6. The van der Waals surface area contributed by atoms with E-state index in [1.54, 1.807) is 13.0 Å².